The Labute approximate surface area is 78.9 Å². The summed E-state index contributed by atoms with van der Waals surface area (Å²) in [5.41, 5.74) is 1.32. The maximum atomic E-state index is 4.32. The molecule has 3 heteroatoms. The van der Waals surface area contributed by atoms with E-state index in [4.69, 9.17) is 0 Å². The van der Waals surface area contributed by atoms with Gasteiger partial charge in [0.05, 0.1) is 6.20 Å². The van der Waals surface area contributed by atoms with Gasteiger partial charge in [-0.1, -0.05) is 12.8 Å². The Morgan fingerprint density at radius 2 is 2.15 bits per heavy atom. The number of nitrogens with zero attached hydrogens (tertiary/aromatic N) is 3. The highest BCUT2D eigenvalue weighted by molar-refractivity contribution is 5.79. The molecule has 1 fully saturated rings. The van der Waals surface area contributed by atoms with Crippen molar-refractivity contribution in [1.82, 2.24) is 0 Å². The Kier molecular flexibility index (Phi) is 2.52. The number of allylic oxidation sites excluding steroid dienone is 1. The largest absolute Gasteiger partial charge is 0.260 e. The summed E-state index contributed by atoms with van der Waals surface area (Å²) in [6, 6.07) is 0. The second-order valence-electron chi connectivity index (χ2n) is 3.84. The van der Waals surface area contributed by atoms with Crippen LogP contribution in [0.15, 0.2) is 21.9 Å². The van der Waals surface area contributed by atoms with Crippen LogP contribution in [0.2, 0.25) is 0 Å². The van der Waals surface area contributed by atoms with Gasteiger partial charge in [-0.25, -0.2) is 4.99 Å². The van der Waals surface area contributed by atoms with Gasteiger partial charge in [0.25, 0.3) is 6.67 Å². The van der Waals surface area contributed by atoms with E-state index in [-0.39, 0.29) is 0 Å². The van der Waals surface area contributed by atoms with E-state index in [1.165, 1.54) is 31.3 Å². The molecule has 0 N–H and O–H groups in total. The molecular weight excluding hydrogens is 162 g/mol. The van der Waals surface area contributed by atoms with Gasteiger partial charge >= 0.3 is 0 Å². The summed E-state index contributed by atoms with van der Waals surface area (Å²) in [6.45, 7) is 0.687. The number of azo groups is 2. The van der Waals surface area contributed by atoms with Crippen LogP contribution >= 0.6 is 0 Å². The summed E-state index contributed by atoms with van der Waals surface area (Å²) < 4.78 is 1.86. The summed E-state index contributed by atoms with van der Waals surface area (Å²) >= 11 is 0. The quantitative estimate of drug-likeness (QED) is 0.551. The van der Waals surface area contributed by atoms with Gasteiger partial charge in [0, 0.05) is 6.21 Å². The SMILES string of the molecule is C[N+]1=NC=C(C2CCCC2)C=NC1. The normalized spacial score (nSPS) is 24.1. The standard InChI is InChI=1S/C10H16N3/c1-13-8-11-6-10(7-12-13)9-4-2-3-5-9/h6-7,9H,2-5,8H2,1H3/q+1. The first-order chi connectivity index (χ1) is 6.36. The van der Waals surface area contributed by atoms with Gasteiger partial charge < -0.3 is 0 Å². The molecule has 0 radical (unpaired) electrons. The van der Waals surface area contributed by atoms with Crippen LogP contribution in [0.25, 0.3) is 0 Å². The summed E-state index contributed by atoms with van der Waals surface area (Å²) in [6.07, 6.45) is 9.35. The van der Waals surface area contributed by atoms with Crippen molar-refractivity contribution in [3.8, 4) is 0 Å². The zero-order valence-corrected chi connectivity index (χ0v) is 8.11. The number of aliphatic imine (C=N–C) groups is 1. The lowest BCUT2D eigenvalue weighted by atomic mass is 9.99. The fourth-order valence-corrected chi connectivity index (χ4v) is 1.97. The Bertz CT molecular complexity index is 270. The zero-order chi connectivity index (χ0) is 9.10. The van der Waals surface area contributed by atoms with E-state index in [9.17, 15) is 0 Å². The minimum Gasteiger partial charge on any atom is -0.226 e. The van der Waals surface area contributed by atoms with E-state index in [1.54, 1.807) is 0 Å². The third-order valence-corrected chi connectivity index (χ3v) is 2.76. The first-order valence-electron chi connectivity index (χ1n) is 4.98. The van der Waals surface area contributed by atoms with Crippen molar-refractivity contribution in [2.75, 3.05) is 13.7 Å². The molecule has 2 rings (SSSR count). The average Bonchev–Trinajstić information content (AvgIpc) is 2.56. The molecule has 0 atom stereocenters. The molecule has 2 aliphatic rings. The van der Waals surface area contributed by atoms with Crippen molar-refractivity contribution < 1.29 is 4.70 Å². The molecule has 3 nitrogen and oxygen atoms in total. The van der Waals surface area contributed by atoms with E-state index >= 15 is 0 Å². The number of hydrogen-bond acceptors (Lipinski definition) is 2. The molecular formula is C10H16N3+. The van der Waals surface area contributed by atoms with Crippen LogP contribution < -0.4 is 0 Å². The van der Waals surface area contributed by atoms with Crippen LogP contribution in [0.4, 0.5) is 0 Å². The molecule has 0 bridgehead atoms. The molecule has 70 valence electrons. The molecule has 1 heterocycles. The summed E-state index contributed by atoms with van der Waals surface area (Å²) in [5.74, 6) is 0.721. The van der Waals surface area contributed by atoms with Crippen molar-refractivity contribution in [2.24, 2.45) is 16.0 Å². The summed E-state index contributed by atoms with van der Waals surface area (Å²) in [4.78, 5) is 4.32. The van der Waals surface area contributed by atoms with Gasteiger partial charge in [-0.05, 0) is 29.4 Å². The Morgan fingerprint density at radius 3 is 2.92 bits per heavy atom. The Morgan fingerprint density at radius 1 is 1.38 bits per heavy atom. The highest BCUT2D eigenvalue weighted by Gasteiger charge is 2.19. The maximum Gasteiger partial charge on any atom is 0.260 e. The van der Waals surface area contributed by atoms with Crippen LogP contribution in [0.3, 0.4) is 0 Å². The van der Waals surface area contributed by atoms with Crippen molar-refractivity contribution in [3.05, 3.63) is 11.8 Å². The van der Waals surface area contributed by atoms with Gasteiger partial charge in [-0.2, -0.15) is 0 Å². The summed E-state index contributed by atoms with van der Waals surface area (Å²) in [5, 5.41) is 4.30. The van der Waals surface area contributed by atoms with Crippen LogP contribution in [0.1, 0.15) is 25.7 Å². The zero-order valence-electron chi connectivity index (χ0n) is 8.11. The summed E-state index contributed by atoms with van der Waals surface area (Å²) in [7, 11) is 1.95. The van der Waals surface area contributed by atoms with E-state index in [0.717, 1.165) is 5.92 Å². The molecule has 1 aliphatic heterocycles. The molecule has 0 amide bonds. The second-order valence-corrected chi connectivity index (χ2v) is 3.84. The van der Waals surface area contributed by atoms with Crippen LogP contribution in [-0.4, -0.2) is 24.6 Å². The van der Waals surface area contributed by atoms with Gasteiger partial charge in [0.2, 0.25) is 0 Å². The fourth-order valence-electron chi connectivity index (χ4n) is 1.97. The topological polar surface area (TPSA) is 27.7 Å². The number of hydrogen-bond donors (Lipinski definition) is 0. The van der Waals surface area contributed by atoms with Gasteiger partial charge in [0.15, 0.2) is 7.05 Å². The Hall–Kier alpha value is -0.990. The smallest absolute Gasteiger partial charge is 0.226 e. The predicted octanol–water partition coefficient (Wildman–Crippen LogP) is 2.20. The highest BCUT2D eigenvalue weighted by atomic mass is 15.3. The van der Waals surface area contributed by atoms with Gasteiger partial charge in [-0.3, -0.25) is 0 Å². The third kappa shape index (κ3) is 2.02. The molecule has 0 unspecified atom stereocenters. The molecule has 0 aromatic heterocycles. The molecule has 13 heavy (non-hydrogen) atoms. The molecule has 0 aromatic carbocycles. The number of rotatable bonds is 1. The van der Waals surface area contributed by atoms with E-state index in [2.05, 4.69) is 10.1 Å². The lowest BCUT2D eigenvalue weighted by molar-refractivity contribution is -0.560. The minimum atomic E-state index is 0.687. The van der Waals surface area contributed by atoms with Gasteiger partial charge in [0.1, 0.15) is 0 Å². The molecule has 1 aliphatic carbocycles. The highest BCUT2D eigenvalue weighted by Crippen LogP contribution is 2.30. The van der Waals surface area contributed by atoms with Crippen molar-refractivity contribution in [2.45, 2.75) is 25.7 Å². The van der Waals surface area contributed by atoms with E-state index < -0.39 is 0 Å². The molecule has 1 saturated carbocycles. The lowest BCUT2D eigenvalue weighted by Crippen LogP contribution is -2.00. The maximum absolute atomic E-state index is 4.32. The second kappa shape index (κ2) is 3.81. The van der Waals surface area contributed by atoms with Gasteiger partial charge in [-0.15, -0.1) is 4.70 Å². The van der Waals surface area contributed by atoms with Crippen LogP contribution in [0.5, 0.6) is 0 Å². The minimum absolute atomic E-state index is 0.687. The van der Waals surface area contributed by atoms with E-state index in [1.807, 2.05) is 24.2 Å². The monoisotopic (exact) mass is 178 g/mol. The van der Waals surface area contributed by atoms with E-state index in [0.29, 0.717) is 6.67 Å². The van der Waals surface area contributed by atoms with Crippen LogP contribution in [-0.2, 0) is 0 Å². The average molecular weight is 178 g/mol. The first-order valence-corrected chi connectivity index (χ1v) is 4.98. The van der Waals surface area contributed by atoms with Crippen molar-refractivity contribution in [3.63, 3.8) is 0 Å². The predicted molar refractivity (Wildman–Crippen MR) is 52.0 cm³/mol. The Balaban J connectivity index is 2.13. The molecule has 0 spiro atoms. The van der Waals surface area contributed by atoms with Crippen molar-refractivity contribution in [1.29, 1.82) is 0 Å². The molecule has 0 aromatic rings. The third-order valence-electron chi connectivity index (χ3n) is 2.76. The lowest BCUT2D eigenvalue weighted by Gasteiger charge is -2.06. The first kappa shape index (κ1) is 8.60. The molecule has 0 saturated heterocycles. The fraction of sp³-hybridized carbons (Fsp3) is 0.700. The van der Waals surface area contributed by atoms with Crippen LogP contribution in [0, 0.1) is 5.92 Å². The van der Waals surface area contributed by atoms with Crippen molar-refractivity contribution >= 4 is 6.21 Å².